The quantitative estimate of drug-likeness (QED) is 0.788. The van der Waals surface area contributed by atoms with Gasteiger partial charge in [-0.1, -0.05) is 11.6 Å². The first-order valence-electron chi connectivity index (χ1n) is 6.04. The SMILES string of the molecule is CC(O)c1ccn2c(-c3ccc(F)c(Cl)c3)cnc2n1. The molecule has 1 N–H and O–H groups in total. The van der Waals surface area contributed by atoms with Crippen molar-refractivity contribution in [2.75, 3.05) is 0 Å². The van der Waals surface area contributed by atoms with Crippen LogP contribution in [0.5, 0.6) is 0 Å². The summed E-state index contributed by atoms with van der Waals surface area (Å²) in [5.74, 6) is 0.0117. The summed E-state index contributed by atoms with van der Waals surface area (Å²) in [6.45, 7) is 1.64. The second-order valence-electron chi connectivity index (χ2n) is 4.47. The number of imidazole rings is 1. The zero-order valence-corrected chi connectivity index (χ0v) is 11.3. The molecule has 0 amide bonds. The Morgan fingerprint density at radius 1 is 1.35 bits per heavy atom. The van der Waals surface area contributed by atoms with Crippen molar-refractivity contribution >= 4 is 17.4 Å². The minimum absolute atomic E-state index is 0.0611. The summed E-state index contributed by atoms with van der Waals surface area (Å²) < 4.78 is 15.0. The Bertz CT molecular complexity index is 785. The van der Waals surface area contributed by atoms with Gasteiger partial charge >= 0.3 is 0 Å². The molecule has 20 heavy (non-hydrogen) atoms. The monoisotopic (exact) mass is 291 g/mol. The second-order valence-corrected chi connectivity index (χ2v) is 4.88. The van der Waals surface area contributed by atoms with Crippen molar-refractivity contribution in [2.24, 2.45) is 0 Å². The summed E-state index contributed by atoms with van der Waals surface area (Å²) >= 11 is 5.80. The van der Waals surface area contributed by atoms with E-state index < -0.39 is 11.9 Å². The van der Waals surface area contributed by atoms with E-state index in [2.05, 4.69) is 9.97 Å². The average molecular weight is 292 g/mol. The molecule has 0 aliphatic rings. The number of nitrogens with zero attached hydrogens (tertiary/aromatic N) is 3. The predicted molar refractivity (Wildman–Crippen MR) is 74.0 cm³/mol. The molecular weight excluding hydrogens is 281 g/mol. The molecule has 102 valence electrons. The first-order valence-corrected chi connectivity index (χ1v) is 6.41. The normalized spacial score (nSPS) is 12.8. The van der Waals surface area contributed by atoms with Crippen LogP contribution in [-0.2, 0) is 0 Å². The van der Waals surface area contributed by atoms with Gasteiger partial charge in [0.2, 0.25) is 5.78 Å². The first kappa shape index (κ1) is 13.0. The minimum atomic E-state index is -0.652. The zero-order valence-electron chi connectivity index (χ0n) is 10.6. The second kappa shape index (κ2) is 4.85. The largest absolute Gasteiger partial charge is 0.387 e. The van der Waals surface area contributed by atoms with Gasteiger partial charge in [-0.25, -0.2) is 14.4 Å². The highest BCUT2D eigenvalue weighted by Crippen LogP contribution is 2.25. The van der Waals surface area contributed by atoms with Crippen LogP contribution in [0.4, 0.5) is 4.39 Å². The van der Waals surface area contributed by atoms with E-state index in [0.717, 1.165) is 11.3 Å². The Kier molecular flexibility index (Phi) is 3.16. The summed E-state index contributed by atoms with van der Waals surface area (Å²) in [4.78, 5) is 8.45. The van der Waals surface area contributed by atoms with Crippen molar-refractivity contribution in [3.63, 3.8) is 0 Å². The number of benzene rings is 1. The summed E-state index contributed by atoms with van der Waals surface area (Å²) in [6.07, 6.45) is 2.75. The molecule has 4 nitrogen and oxygen atoms in total. The Balaban J connectivity index is 2.14. The maximum atomic E-state index is 13.2. The highest BCUT2D eigenvalue weighted by Gasteiger charge is 2.11. The molecule has 0 saturated carbocycles. The minimum Gasteiger partial charge on any atom is -0.387 e. The average Bonchev–Trinajstić information content (AvgIpc) is 2.84. The van der Waals surface area contributed by atoms with Crippen molar-refractivity contribution in [2.45, 2.75) is 13.0 Å². The van der Waals surface area contributed by atoms with E-state index in [1.165, 1.54) is 6.07 Å². The van der Waals surface area contributed by atoms with E-state index in [4.69, 9.17) is 11.6 Å². The lowest BCUT2D eigenvalue weighted by molar-refractivity contribution is 0.194. The van der Waals surface area contributed by atoms with Crippen LogP contribution < -0.4 is 0 Å². The summed E-state index contributed by atoms with van der Waals surface area (Å²) in [5, 5.41) is 9.58. The number of aromatic nitrogens is 3. The van der Waals surface area contributed by atoms with Crippen LogP contribution >= 0.6 is 11.6 Å². The topological polar surface area (TPSA) is 50.4 Å². The highest BCUT2D eigenvalue weighted by molar-refractivity contribution is 6.31. The lowest BCUT2D eigenvalue weighted by Gasteiger charge is -2.06. The molecule has 0 bridgehead atoms. The van der Waals surface area contributed by atoms with Gasteiger partial charge in [-0.15, -0.1) is 0 Å². The van der Waals surface area contributed by atoms with Crippen LogP contribution in [0.1, 0.15) is 18.7 Å². The van der Waals surface area contributed by atoms with Crippen LogP contribution in [-0.4, -0.2) is 19.5 Å². The van der Waals surface area contributed by atoms with Crippen LogP contribution in [0, 0.1) is 5.82 Å². The van der Waals surface area contributed by atoms with Crippen molar-refractivity contribution in [3.05, 3.63) is 53.2 Å². The van der Waals surface area contributed by atoms with E-state index in [0.29, 0.717) is 11.5 Å². The van der Waals surface area contributed by atoms with Crippen LogP contribution in [0.3, 0.4) is 0 Å². The fourth-order valence-electron chi connectivity index (χ4n) is 1.99. The van der Waals surface area contributed by atoms with Crippen molar-refractivity contribution in [3.8, 4) is 11.3 Å². The van der Waals surface area contributed by atoms with E-state index in [-0.39, 0.29) is 5.02 Å². The maximum Gasteiger partial charge on any atom is 0.234 e. The van der Waals surface area contributed by atoms with Gasteiger partial charge in [-0.3, -0.25) is 4.40 Å². The molecular formula is C14H11ClFN3O. The number of aliphatic hydroxyl groups is 1. The fourth-order valence-corrected chi connectivity index (χ4v) is 2.17. The van der Waals surface area contributed by atoms with E-state index in [1.807, 2.05) is 0 Å². The van der Waals surface area contributed by atoms with Crippen molar-refractivity contribution in [1.29, 1.82) is 0 Å². The lowest BCUT2D eigenvalue weighted by atomic mass is 10.1. The number of aliphatic hydroxyl groups excluding tert-OH is 1. The third-order valence-corrected chi connectivity index (χ3v) is 3.33. The summed E-state index contributed by atoms with van der Waals surface area (Å²) in [5.41, 5.74) is 2.05. The third-order valence-electron chi connectivity index (χ3n) is 3.04. The number of halogens is 2. The molecule has 1 atom stereocenters. The third kappa shape index (κ3) is 2.15. The summed E-state index contributed by atoms with van der Waals surface area (Å²) in [6, 6.07) is 6.21. The van der Waals surface area contributed by atoms with Gasteiger partial charge < -0.3 is 5.11 Å². The molecule has 0 radical (unpaired) electrons. The molecule has 0 aliphatic carbocycles. The number of hydrogen-bond acceptors (Lipinski definition) is 3. The molecule has 3 rings (SSSR count). The molecule has 0 aliphatic heterocycles. The van der Waals surface area contributed by atoms with Crippen molar-refractivity contribution in [1.82, 2.24) is 14.4 Å². The van der Waals surface area contributed by atoms with Crippen LogP contribution in [0.15, 0.2) is 36.7 Å². The van der Waals surface area contributed by atoms with Gasteiger partial charge in [0.1, 0.15) is 5.82 Å². The Labute approximate surface area is 119 Å². The smallest absolute Gasteiger partial charge is 0.234 e. The van der Waals surface area contributed by atoms with Gasteiger partial charge in [-0.2, -0.15) is 0 Å². The maximum absolute atomic E-state index is 13.2. The molecule has 3 aromatic rings. The molecule has 0 fully saturated rings. The number of hydrogen-bond donors (Lipinski definition) is 1. The van der Waals surface area contributed by atoms with Gasteiger partial charge in [0.25, 0.3) is 0 Å². The number of fused-ring (bicyclic) bond motifs is 1. The molecule has 2 aromatic heterocycles. The molecule has 1 unspecified atom stereocenters. The Morgan fingerprint density at radius 2 is 2.15 bits per heavy atom. The van der Waals surface area contributed by atoms with E-state index in [9.17, 15) is 9.50 Å². The highest BCUT2D eigenvalue weighted by atomic mass is 35.5. The first-order chi connectivity index (χ1) is 9.56. The molecule has 1 aromatic carbocycles. The predicted octanol–water partition coefficient (Wildman–Crippen LogP) is 3.24. The van der Waals surface area contributed by atoms with E-state index in [1.54, 1.807) is 41.9 Å². The molecule has 6 heteroatoms. The Morgan fingerprint density at radius 3 is 2.85 bits per heavy atom. The summed E-state index contributed by atoms with van der Waals surface area (Å²) in [7, 11) is 0. The van der Waals surface area contributed by atoms with Crippen LogP contribution in [0.2, 0.25) is 5.02 Å². The fraction of sp³-hybridized carbons (Fsp3) is 0.143. The van der Waals surface area contributed by atoms with Gasteiger partial charge in [0.15, 0.2) is 0 Å². The Hall–Kier alpha value is -1.98. The standard InChI is InChI=1S/C14H11ClFN3O/c1-8(20)12-4-5-19-13(7-17-14(19)18-12)9-2-3-11(16)10(15)6-9/h2-8,20H,1H3. The van der Waals surface area contributed by atoms with Gasteiger partial charge in [0.05, 0.1) is 28.7 Å². The molecule has 0 spiro atoms. The van der Waals surface area contributed by atoms with E-state index >= 15 is 0 Å². The van der Waals surface area contributed by atoms with Crippen LogP contribution in [0.25, 0.3) is 17.0 Å². The molecule has 2 heterocycles. The molecule has 0 saturated heterocycles. The number of rotatable bonds is 2. The van der Waals surface area contributed by atoms with Gasteiger partial charge in [-0.05, 0) is 31.2 Å². The van der Waals surface area contributed by atoms with Crippen molar-refractivity contribution < 1.29 is 9.50 Å². The zero-order chi connectivity index (χ0) is 14.3. The lowest BCUT2D eigenvalue weighted by Crippen LogP contribution is -1.99. The van der Waals surface area contributed by atoms with Gasteiger partial charge in [0, 0.05) is 11.8 Å².